The lowest BCUT2D eigenvalue weighted by atomic mass is 10.2. The summed E-state index contributed by atoms with van der Waals surface area (Å²) in [5, 5.41) is 16.4. The Balaban J connectivity index is 5.00. The lowest BCUT2D eigenvalue weighted by Crippen LogP contribution is -2.46. The second-order valence-corrected chi connectivity index (χ2v) is 7.26. The van der Waals surface area contributed by atoms with Gasteiger partial charge in [0.1, 0.15) is 11.6 Å². The summed E-state index contributed by atoms with van der Waals surface area (Å²) in [4.78, 5) is 22.6. The first-order valence-corrected chi connectivity index (χ1v) is 7.83. The number of nitriles is 1. The fourth-order valence-electron chi connectivity index (χ4n) is 1.39. The topological polar surface area (TPSA) is 134 Å². The van der Waals surface area contributed by atoms with Gasteiger partial charge in [-0.3, -0.25) is 9.59 Å². The van der Waals surface area contributed by atoms with Crippen LogP contribution in [0.25, 0.3) is 0 Å². The molecule has 0 aromatic heterocycles. The third-order valence-electron chi connectivity index (χ3n) is 2.28. The largest absolute Gasteiger partial charge is 0.480 e. The zero-order valence-electron chi connectivity index (χ0n) is 12.4. The molecule has 0 saturated heterocycles. The molecule has 0 bridgehead atoms. The van der Waals surface area contributed by atoms with Crippen LogP contribution in [0, 0.1) is 11.3 Å². The average Bonchev–Trinajstić information content (AvgIpc) is 2.25. The summed E-state index contributed by atoms with van der Waals surface area (Å²) in [7, 11) is -4.16. The molecule has 0 fully saturated rings. The molecule has 2 atom stereocenters. The Kier molecular flexibility index (Phi) is 6.79. The minimum Gasteiger partial charge on any atom is -0.480 e. The van der Waals surface area contributed by atoms with Gasteiger partial charge >= 0.3 is 11.9 Å². The van der Waals surface area contributed by atoms with Crippen LogP contribution in [-0.2, 0) is 24.3 Å². The molecule has 0 aliphatic heterocycles. The summed E-state index contributed by atoms with van der Waals surface area (Å²) in [6.07, 6.45) is -0.654. The summed E-state index contributed by atoms with van der Waals surface area (Å²) in [6.45, 7) is 6.30. The third-order valence-corrected chi connectivity index (χ3v) is 4.09. The van der Waals surface area contributed by atoms with Gasteiger partial charge in [-0.2, -0.15) is 9.98 Å². The maximum atomic E-state index is 11.8. The molecule has 2 N–H and O–H groups in total. The summed E-state index contributed by atoms with van der Waals surface area (Å²) < 4.78 is 30.5. The van der Waals surface area contributed by atoms with Gasteiger partial charge in [-0.15, -0.1) is 0 Å². The predicted octanol–water partition coefficient (Wildman–Crippen LogP) is 0.393. The predicted molar refractivity (Wildman–Crippen MR) is 73.6 cm³/mol. The number of hydrogen-bond acceptors (Lipinski definition) is 6. The van der Waals surface area contributed by atoms with Gasteiger partial charge in [-0.1, -0.05) is 6.92 Å². The molecule has 0 heterocycles. The van der Waals surface area contributed by atoms with Crippen molar-refractivity contribution in [3.05, 3.63) is 0 Å². The van der Waals surface area contributed by atoms with Gasteiger partial charge in [0.2, 0.25) is 10.0 Å². The van der Waals surface area contributed by atoms with Crippen molar-refractivity contribution in [3.8, 4) is 6.07 Å². The van der Waals surface area contributed by atoms with E-state index in [0.29, 0.717) is 0 Å². The Labute approximate surface area is 124 Å². The molecule has 0 aliphatic carbocycles. The van der Waals surface area contributed by atoms with E-state index < -0.39 is 45.3 Å². The van der Waals surface area contributed by atoms with Crippen LogP contribution in [0.5, 0.6) is 0 Å². The number of carbonyl (C=O) groups excluding carboxylic acids is 1. The summed E-state index contributed by atoms with van der Waals surface area (Å²) in [5.41, 5.74) is -0.808. The first-order valence-electron chi connectivity index (χ1n) is 6.28. The van der Waals surface area contributed by atoms with Crippen LogP contribution in [0.15, 0.2) is 0 Å². The number of nitrogens with one attached hydrogen (secondary N) is 1. The van der Waals surface area contributed by atoms with Gasteiger partial charge in [-0.05, 0) is 27.2 Å². The van der Waals surface area contributed by atoms with E-state index in [2.05, 4.69) is 0 Å². The molecule has 0 rings (SSSR count). The molecule has 120 valence electrons. The van der Waals surface area contributed by atoms with Crippen LogP contribution in [0.2, 0.25) is 0 Å². The van der Waals surface area contributed by atoms with Gasteiger partial charge in [-0.25, -0.2) is 8.42 Å². The van der Waals surface area contributed by atoms with E-state index in [1.54, 1.807) is 26.8 Å². The van der Waals surface area contributed by atoms with Gasteiger partial charge < -0.3 is 9.84 Å². The third kappa shape index (κ3) is 7.06. The molecular formula is C12H20N2O6S. The molecule has 0 radical (unpaired) electrons. The van der Waals surface area contributed by atoms with Crippen molar-refractivity contribution in [2.45, 2.75) is 57.4 Å². The van der Waals surface area contributed by atoms with Crippen molar-refractivity contribution in [1.82, 2.24) is 4.72 Å². The van der Waals surface area contributed by atoms with Gasteiger partial charge in [0.05, 0.1) is 12.5 Å². The lowest BCUT2D eigenvalue weighted by molar-refractivity contribution is -0.158. The Morgan fingerprint density at radius 2 is 1.90 bits per heavy atom. The highest BCUT2D eigenvalue weighted by Gasteiger charge is 2.32. The number of carbonyl (C=O) groups is 2. The number of carboxylic acids is 1. The van der Waals surface area contributed by atoms with E-state index in [9.17, 15) is 18.0 Å². The minimum absolute atomic E-state index is 0.00457. The van der Waals surface area contributed by atoms with Gasteiger partial charge in [0, 0.05) is 0 Å². The van der Waals surface area contributed by atoms with E-state index >= 15 is 0 Å². The number of carboxylic acid groups (broad SMARTS) is 1. The summed E-state index contributed by atoms with van der Waals surface area (Å²) >= 11 is 0. The smallest absolute Gasteiger partial charge is 0.322 e. The van der Waals surface area contributed by atoms with Crippen LogP contribution in [-0.4, -0.2) is 42.4 Å². The zero-order chi connectivity index (χ0) is 16.8. The molecule has 1 unspecified atom stereocenters. The van der Waals surface area contributed by atoms with E-state index in [0.717, 1.165) is 0 Å². The molecule has 0 aliphatic rings. The van der Waals surface area contributed by atoms with E-state index in [-0.39, 0.29) is 6.42 Å². The van der Waals surface area contributed by atoms with Crippen molar-refractivity contribution in [1.29, 1.82) is 5.26 Å². The number of aliphatic carboxylic acids is 1. The summed E-state index contributed by atoms with van der Waals surface area (Å²) in [6, 6.07) is -0.106. The zero-order valence-corrected chi connectivity index (χ0v) is 13.2. The Hall–Kier alpha value is -1.66. The monoisotopic (exact) mass is 320 g/mol. The first kappa shape index (κ1) is 19.3. The van der Waals surface area contributed by atoms with Crippen molar-refractivity contribution < 1.29 is 27.9 Å². The highest BCUT2D eigenvalue weighted by molar-refractivity contribution is 7.90. The molecule has 21 heavy (non-hydrogen) atoms. The highest BCUT2D eigenvalue weighted by atomic mass is 32.2. The maximum absolute atomic E-state index is 11.8. The quantitative estimate of drug-likeness (QED) is 0.648. The minimum atomic E-state index is -4.16. The van der Waals surface area contributed by atoms with Crippen molar-refractivity contribution in [3.63, 3.8) is 0 Å². The molecule has 0 spiro atoms. The van der Waals surface area contributed by atoms with Crippen LogP contribution < -0.4 is 4.72 Å². The molecule has 9 heteroatoms. The van der Waals surface area contributed by atoms with Crippen molar-refractivity contribution in [2.75, 3.05) is 0 Å². The molecule has 0 amide bonds. The SMILES string of the molecule is CCC(C#N)S(=O)(=O)N[C@@H](CC(=O)OC(C)(C)C)C(=O)O. The number of hydrogen-bond donors (Lipinski definition) is 2. The Bertz CT molecular complexity index is 529. The van der Waals surface area contributed by atoms with Gasteiger partial charge in [0.25, 0.3) is 0 Å². The number of esters is 1. The molecule has 0 aromatic carbocycles. The summed E-state index contributed by atoms with van der Waals surface area (Å²) in [5.74, 6) is -2.36. The van der Waals surface area contributed by atoms with E-state index in [1.807, 2.05) is 4.72 Å². The van der Waals surface area contributed by atoms with Crippen LogP contribution in [0.3, 0.4) is 0 Å². The van der Waals surface area contributed by atoms with Crippen LogP contribution >= 0.6 is 0 Å². The normalized spacial score (nSPS) is 14.8. The standard InChI is InChI=1S/C12H20N2O6S/c1-5-8(7-13)21(18,19)14-9(11(16)17)6-10(15)20-12(2,3)4/h8-9,14H,5-6H2,1-4H3,(H,16,17)/t8?,9-/m0/s1. The second-order valence-electron chi connectivity index (χ2n) is 5.37. The molecule has 0 aromatic rings. The van der Waals surface area contributed by atoms with E-state index in [1.165, 1.54) is 6.92 Å². The van der Waals surface area contributed by atoms with Crippen LogP contribution in [0.1, 0.15) is 40.5 Å². The molecule has 0 saturated carbocycles. The fraction of sp³-hybridized carbons (Fsp3) is 0.750. The lowest BCUT2D eigenvalue weighted by Gasteiger charge is -2.21. The number of rotatable bonds is 7. The van der Waals surface area contributed by atoms with E-state index in [4.69, 9.17) is 15.1 Å². The number of sulfonamides is 1. The van der Waals surface area contributed by atoms with Crippen molar-refractivity contribution in [2.24, 2.45) is 0 Å². The highest BCUT2D eigenvalue weighted by Crippen LogP contribution is 2.11. The van der Waals surface area contributed by atoms with Gasteiger partial charge in [0.15, 0.2) is 5.25 Å². The molecule has 8 nitrogen and oxygen atoms in total. The molecular weight excluding hydrogens is 300 g/mol. The number of nitrogens with zero attached hydrogens (tertiary/aromatic N) is 1. The van der Waals surface area contributed by atoms with Crippen LogP contribution in [0.4, 0.5) is 0 Å². The van der Waals surface area contributed by atoms with Crippen molar-refractivity contribution >= 4 is 22.0 Å². The fourth-order valence-corrected chi connectivity index (χ4v) is 2.71. The Morgan fingerprint density at radius 3 is 2.24 bits per heavy atom. The number of ether oxygens (including phenoxy) is 1. The Morgan fingerprint density at radius 1 is 1.38 bits per heavy atom. The average molecular weight is 320 g/mol. The maximum Gasteiger partial charge on any atom is 0.322 e. The second kappa shape index (κ2) is 7.38. The first-order chi connectivity index (χ1) is 9.42.